The Balaban J connectivity index is 1.92. The summed E-state index contributed by atoms with van der Waals surface area (Å²) in [4.78, 5) is 11.9. The molecule has 0 aliphatic carbocycles. The van der Waals surface area contributed by atoms with Crippen LogP contribution >= 0.6 is 0 Å². The predicted octanol–water partition coefficient (Wildman–Crippen LogP) is 2.28. The highest BCUT2D eigenvalue weighted by Crippen LogP contribution is 2.30. The molecular weight excluding hydrogens is 377 g/mol. The van der Waals surface area contributed by atoms with Crippen molar-refractivity contribution in [1.82, 2.24) is 5.23 Å². The molecule has 7 nitrogen and oxygen atoms in total. The predicted molar refractivity (Wildman–Crippen MR) is 92.2 cm³/mol. The molecule has 1 saturated heterocycles. The van der Waals surface area contributed by atoms with E-state index in [9.17, 15) is 17.6 Å². The summed E-state index contributed by atoms with van der Waals surface area (Å²) in [7, 11) is -3.94. The monoisotopic (exact) mass is 395 g/mol. The number of carbonyl (C=O) groups excluding carboxylic acids is 1. The minimum Gasteiger partial charge on any atom is -0.381 e. The van der Waals surface area contributed by atoms with E-state index in [1.807, 2.05) is 0 Å². The maximum Gasteiger partial charge on any atom is 0.279 e. The molecule has 1 aliphatic heterocycles. The first-order valence-corrected chi connectivity index (χ1v) is 9.75. The zero-order chi connectivity index (χ0) is 19.6. The van der Waals surface area contributed by atoms with Gasteiger partial charge in [-0.05, 0) is 30.2 Å². The van der Waals surface area contributed by atoms with Crippen LogP contribution in [0.1, 0.15) is 6.42 Å². The van der Waals surface area contributed by atoms with Gasteiger partial charge in [0.1, 0.15) is 5.82 Å². The van der Waals surface area contributed by atoms with E-state index in [2.05, 4.69) is 0 Å². The standard InChI is InChI=1S/C18H18FNO6S/c19-16-4-2-1-3-14(16)12-5-7-13(8-6-12)27(24,25)17-9-10-26-11-15(17)18(21)20(22)23/h1-8,15,17,22-23H,9-11H2. The highest BCUT2D eigenvalue weighted by Gasteiger charge is 2.42. The fraction of sp³-hybridized carbons (Fsp3) is 0.278. The van der Waals surface area contributed by atoms with E-state index in [-0.39, 0.29) is 24.5 Å². The maximum absolute atomic E-state index is 13.9. The number of carbonyl (C=O) groups is 1. The number of sulfone groups is 1. The molecule has 144 valence electrons. The average Bonchev–Trinajstić information content (AvgIpc) is 2.68. The molecular formula is C18H18FNO6S. The SMILES string of the molecule is O=C(C1COCCC1S(=O)(=O)c1ccc(-c2ccccc2F)cc1)N(O)O. The zero-order valence-electron chi connectivity index (χ0n) is 14.2. The van der Waals surface area contributed by atoms with Crippen molar-refractivity contribution in [3.63, 3.8) is 0 Å². The van der Waals surface area contributed by atoms with Gasteiger partial charge in [-0.15, -0.1) is 0 Å². The Morgan fingerprint density at radius 3 is 2.41 bits per heavy atom. The van der Waals surface area contributed by atoms with Crippen molar-refractivity contribution in [2.24, 2.45) is 5.92 Å². The van der Waals surface area contributed by atoms with Crippen molar-refractivity contribution in [2.75, 3.05) is 13.2 Å². The lowest BCUT2D eigenvalue weighted by Gasteiger charge is -2.30. The molecule has 0 bridgehead atoms. The van der Waals surface area contributed by atoms with Crippen LogP contribution in [0, 0.1) is 11.7 Å². The third-order valence-corrected chi connectivity index (χ3v) is 6.86. The molecule has 3 rings (SSSR count). The highest BCUT2D eigenvalue weighted by atomic mass is 32.2. The summed E-state index contributed by atoms with van der Waals surface area (Å²) in [5, 5.41) is 16.2. The molecule has 1 fully saturated rings. The van der Waals surface area contributed by atoms with E-state index >= 15 is 0 Å². The summed E-state index contributed by atoms with van der Waals surface area (Å²) in [5.74, 6) is -2.80. The van der Waals surface area contributed by atoms with E-state index in [0.29, 0.717) is 11.1 Å². The fourth-order valence-electron chi connectivity index (χ4n) is 3.16. The molecule has 2 aromatic carbocycles. The first-order valence-electron chi connectivity index (χ1n) is 8.20. The van der Waals surface area contributed by atoms with Crippen molar-refractivity contribution >= 4 is 15.7 Å². The van der Waals surface area contributed by atoms with Crippen LogP contribution in [0.15, 0.2) is 53.4 Å². The van der Waals surface area contributed by atoms with Crippen molar-refractivity contribution in [2.45, 2.75) is 16.6 Å². The van der Waals surface area contributed by atoms with E-state index in [1.165, 1.54) is 30.3 Å². The molecule has 2 atom stereocenters. The number of hydroxylamine groups is 2. The number of nitrogens with zero attached hydrogens (tertiary/aromatic N) is 1. The van der Waals surface area contributed by atoms with Crippen LogP contribution in [0.3, 0.4) is 0 Å². The van der Waals surface area contributed by atoms with Gasteiger partial charge in [0.25, 0.3) is 5.91 Å². The number of hydrogen-bond acceptors (Lipinski definition) is 6. The lowest BCUT2D eigenvalue weighted by atomic mass is 10.0. The Labute approximate surface area is 155 Å². The van der Waals surface area contributed by atoms with E-state index in [1.54, 1.807) is 18.2 Å². The summed E-state index contributed by atoms with van der Waals surface area (Å²) in [6.07, 6.45) is 0.0433. The number of ether oxygens (including phenoxy) is 1. The van der Waals surface area contributed by atoms with E-state index < -0.39 is 38.0 Å². The van der Waals surface area contributed by atoms with Crippen LogP contribution in [0.25, 0.3) is 11.1 Å². The molecule has 9 heteroatoms. The Kier molecular flexibility index (Phi) is 5.56. The number of hydrogen-bond donors (Lipinski definition) is 2. The number of amides is 1. The molecule has 2 aromatic rings. The van der Waals surface area contributed by atoms with E-state index in [4.69, 9.17) is 15.2 Å². The summed E-state index contributed by atoms with van der Waals surface area (Å²) in [5.41, 5.74) is 0.861. The normalized spacial score (nSPS) is 20.3. The van der Waals surface area contributed by atoms with Crippen molar-refractivity contribution in [3.05, 3.63) is 54.3 Å². The molecule has 2 N–H and O–H groups in total. The number of benzene rings is 2. The van der Waals surface area contributed by atoms with Crippen LogP contribution < -0.4 is 0 Å². The summed E-state index contributed by atoms with van der Waals surface area (Å²) in [6.45, 7) is -0.0918. The second-order valence-corrected chi connectivity index (χ2v) is 8.35. The van der Waals surface area contributed by atoms with Gasteiger partial charge in [-0.2, -0.15) is 0 Å². The number of halogens is 1. The minimum absolute atomic E-state index is 0.0327. The van der Waals surface area contributed by atoms with Crippen LogP contribution in [0.4, 0.5) is 4.39 Å². The van der Waals surface area contributed by atoms with Gasteiger partial charge < -0.3 is 4.74 Å². The van der Waals surface area contributed by atoms with Crippen molar-refractivity contribution in [1.29, 1.82) is 0 Å². The second kappa shape index (κ2) is 7.73. The lowest BCUT2D eigenvalue weighted by molar-refractivity contribution is -0.289. The zero-order valence-corrected chi connectivity index (χ0v) is 15.0. The van der Waals surface area contributed by atoms with Gasteiger partial charge in [-0.25, -0.2) is 12.8 Å². The Morgan fingerprint density at radius 2 is 1.78 bits per heavy atom. The Morgan fingerprint density at radius 1 is 1.11 bits per heavy atom. The highest BCUT2D eigenvalue weighted by molar-refractivity contribution is 7.92. The van der Waals surface area contributed by atoms with Crippen LogP contribution in [-0.2, 0) is 19.4 Å². The molecule has 0 radical (unpaired) electrons. The lowest BCUT2D eigenvalue weighted by Crippen LogP contribution is -2.46. The molecule has 0 spiro atoms. The van der Waals surface area contributed by atoms with Crippen molar-refractivity contribution in [3.8, 4) is 11.1 Å². The van der Waals surface area contributed by atoms with Gasteiger partial charge in [0, 0.05) is 12.2 Å². The molecule has 27 heavy (non-hydrogen) atoms. The van der Waals surface area contributed by atoms with Crippen LogP contribution in [-0.4, -0.2) is 48.4 Å². The molecule has 1 heterocycles. The van der Waals surface area contributed by atoms with E-state index in [0.717, 1.165) is 0 Å². The first-order chi connectivity index (χ1) is 12.8. The number of rotatable bonds is 4. The minimum atomic E-state index is -3.94. The van der Waals surface area contributed by atoms with Gasteiger partial charge in [-0.3, -0.25) is 15.2 Å². The summed E-state index contributed by atoms with van der Waals surface area (Å²) >= 11 is 0. The molecule has 0 aromatic heterocycles. The molecule has 2 unspecified atom stereocenters. The average molecular weight is 395 g/mol. The van der Waals surface area contributed by atoms with Gasteiger partial charge in [-0.1, -0.05) is 35.6 Å². The van der Waals surface area contributed by atoms with Gasteiger partial charge >= 0.3 is 0 Å². The molecule has 0 saturated carbocycles. The quantitative estimate of drug-likeness (QED) is 0.608. The smallest absolute Gasteiger partial charge is 0.279 e. The molecule has 1 aliphatic rings. The fourth-order valence-corrected chi connectivity index (χ4v) is 5.06. The second-order valence-electron chi connectivity index (χ2n) is 6.19. The summed E-state index contributed by atoms with van der Waals surface area (Å²) < 4.78 is 45.0. The third kappa shape index (κ3) is 3.86. The third-order valence-electron chi connectivity index (χ3n) is 4.57. The van der Waals surface area contributed by atoms with Gasteiger partial charge in [0.15, 0.2) is 9.84 Å². The topological polar surface area (TPSA) is 104 Å². The van der Waals surface area contributed by atoms with Crippen LogP contribution in [0.2, 0.25) is 0 Å². The Hall–Kier alpha value is -2.33. The molecule has 1 amide bonds. The Bertz CT molecular complexity index is 929. The van der Waals surface area contributed by atoms with Crippen molar-refractivity contribution < 1.29 is 32.8 Å². The maximum atomic E-state index is 13.9. The largest absolute Gasteiger partial charge is 0.381 e. The summed E-state index contributed by atoms with van der Waals surface area (Å²) in [6, 6.07) is 11.8. The van der Waals surface area contributed by atoms with Gasteiger partial charge in [0.05, 0.1) is 22.7 Å². The first kappa shape index (κ1) is 19.4. The van der Waals surface area contributed by atoms with Gasteiger partial charge in [0.2, 0.25) is 0 Å². The van der Waals surface area contributed by atoms with Crippen LogP contribution in [0.5, 0.6) is 0 Å².